The molecule has 0 bridgehead atoms. The predicted molar refractivity (Wildman–Crippen MR) is 151 cm³/mol. The largest absolute Gasteiger partial charge is 0.497 e. The molecule has 3 heteroatoms. The number of fused-ring (bicyclic) bond motifs is 3. The van der Waals surface area contributed by atoms with Crippen molar-refractivity contribution in [3.63, 3.8) is 0 Å². The van der Waals surface area contributed by atoms with Crippen LogP contribution in [0.4, 0.5) is 0 Å². The van der Waals surface area contributed by atoms with Gasteiger partial charge < -0.3 is 9.30 Å². The summed E-state index contributed by atoms with van der Waals surface area (Å²) in [6, 6.07) is 36.6. The molecular formula is C33H28N2O. The molecule has 3 nitrogen and oxygen atoms in total. The maximum Gasteiger partial charge on any atom is 0.118 e. The molecule has 176 valence electrons. The summed E-state index contributed by atoms with van der Waals surface area (Å²) >= 11 is 0. The van der Waals surface area contributed by atoms with Crippen LogP contribution in [0.5, 0.6) is 5.75 Å². The molecule has 36 heavy (non-hydrogen) atoms. The van der Waals surface area contributed by atoms with Crippen molar-refractivity contribution in [3.8, 4) is 39.4 Å². The summed E-state index contributed by atoms with van der Waals surface area (Å²) in [5, 5.41) is 2.57. The molecule has 0 unspecified atom stereocenters. The van der Waals surface area contributed by atoms with E-state index in [-0.39, 0.29) is 0 Å². The normalized spacial score (nSPS) is 11.3. The quantitative estimate of drug-likeness (QED) is 0.253. The van der Waals surface area contributed by atoms with Crippen molar-refractivity contribution in [1.82, 2.24) is 9.55 Å². The Labute approximate surface area is 211 Å². The predicted octanol–water partition coefficient (Wildman–Crippen LogP) is 8.53. The van der Waals surface area contributed by atoms with Crippen molar-refractivity contribution in [1.29, 1.82) is 0 Å². The molecular weight excluding hydrogens is 440 g/mol. The number of hydrogen-bond donors (Lipinski definition) is 0. The van der Waals surface area contributed by atoms with E-state index in [1.165, 1.54) is 32.9 Å². The molecule has 2 aromatic heterocycles. The van der Waals surface area contributed by atoms with Gasteiger partial charge in [-0.25, -0.2) is 4.98 Å². The van der Waals surface area contributed by atoms with Crippen molar-refractivity contribution >= 4 is 21.8 Å². The highest BCUT2D eigenvalue weighted by Crippen LogP contribution is 2.35. The molecule has 0 fully saturated rings. The smallest absolute Gasteiger partial charge is 0.118 e. The van der Waals surface area contributed by atoms with Crippen LogP contribution in [-0.2, 0) is 6.54 Å². The minimum Gasteiger partial charge on any atom is -0.497 e. The second-order valence-electron chi connectivity index (χ2n) is 9.21. The number of rotatable bonds is 5. The molecule has 6 aromatic rings. The Kier molecular flexibility index (Phi) is 5.54. The molecule has 4 aromatic carbocycles. The first-order valence-electron chi connectivity index (χ1n) is 12.4. The number of nitrogens with zero attached hydrogens (tertiary/aromatic N) is 2. The fourth-order valence-corrected chi connectivity index (χ4v) is 5.05. The molecule has 0 aliphatic rings. The number of aromatic nitrogens is 2. The zero-order chi connectivity index (χ0) is 24.6. The maximum atomic E-state index is 5.37. The number of ether oxygens (including phenoxy) is 1. The van der Waals surface area contributed by atoms with E-state index >= 15 is 0 Å². The van der Waals surface area contributed by atoms with Crippen LogP contribution in [-0.4, -0.2) is 16.7 Å². The van der Waals surface area contributed by atoms with Crippen molar-refractivity contribution in [2.75, 3.05) is 7.11 Å². The molecule has 6 rings (SSSR count). The minimum absolute atomic E-state index is 0.839. The zero-order valence-corrected chi connectivity index (χ0v) is 20.8. The Morgan fingerprint density at radius 3 is 1.92 bits per heavy atom. The van der Waals surface area contributed by atoms with Crippen molar-refractivity contribution in [2.45, 2.75) is 20.4 Å². The van der Waals surface area contributed by atoms with Crippen LogP contribution < -0.4 is 4.74 Å². The van der Waals surface area contributed by atoms with Gasteiger partial charge in [-0.15, -0.1) is 0 Å². The van der Waals surface area contributed by atoms with Crippen molar-refractivity contribution < 1.29 is 4.74 Å². The lowest BCUT2D eigenvalue weighted by Crippen LogP contribution is -1.93. The van der Waals surface area contributed by atoms with Crippen LogP contribution in [0.2, 0.25) is 0 Å². The van der Waals surface area contributed by atoms with Gasteiger partial charge in [0.15, 0.2) is 0 Å². The van der Waals surface area contributed by atoms with Gasteiger partial charge >= 0.3 is 0 Å². The van der Waals surface area contributed by atoms with Crippen LogP contribution in [0, 0.1) is 6.92 Å². The molecule has 0 aliphatic heterocycles. The Bertz CT molecular complexity index is 1690. The summed E-state index contributed by atoms with van der Waals surface area (Å²) in [7, 11) is 1.69. The highest BCUT2D eigenvalue weighted by molar-refractivity contribution is 6.09. The zero-order valence-electron chi connectivity index (χ0n) is 20.8. The lowest BCUT2D eigenvalue weighted by atomic mass is 9.98. The third-order valence-electron chi connectivity index (χ3n) is 6.98. The van der Waals surface area contributed by atoms with E-state index in [4.69, 9.17) is 9.72 Å². The number of methoxy groups -OCH3 is 1. The van der Waals surface area contributed by atoms with Gasteiger partial charge in [-0.3, -0.25) is 0 Å². The van der Waals surface area contributed by atoms with Crippen molar-refractivity contribution in [2.24, 2.45) is 0 Å². The van der Waals surface area contributed by atoms with Crippen LogP contribution in [0.15, 0.2) is 103 Å². The van der Waals surface area contributed by atoms with Gasteiger partial charge in [0, 0.05) is 39.5 Å². The van der Waals surface area contributed by atoms with E-state index in [0.29, 0.717) is 0 Å². The SMILES string of the molecule is CCn1c2ccccc2c2cc(-c3cc(-c4ccc(C)cc4)nc(-c4ccc(OC)cc4)c3)ccc21. The molecule has 0 aliphatic carbocycles. The van der Waals surface area contributed by atoms with Gasteiger partial charge in [0.2, 0.25) is 0 Å². The topological polar surface area (TPSA) is 27.1 Å². The standard InChI is InChI=1S/C33H28N2O/c1-4-35-32-8-6-5-7-28(32)29-19-25(15-18-33(29)35)26-20-30(23-11-9-22(2)10-12-23)34-31(21-26)24-13-16-27(36-3)17-14-24/h5-21H,4H2,1-3H3. The van der Waals surface area contributed by atoms with Gasteiger partial charge in [0.1, 0.15) is 5.75 Å². The van der Waals surface area contributed by atoms with Crippen molar-refractivity contribution in [3.05, 3.63) is 109 Å². The average molecular weight is 469 g/mol. The minimum atomic E-state index is 0.839. The third kappa shape index (κ3) is 3.83. The number of benzene rings is 4. The first-order valence-corrected chi connectivity index (χ1v) is 12.4. The number of hydrogen-bond acceptors (Lipinski definition) is 2. The molecule has 0 saturated heterocycles. The summed E-state index contributed by atoms with van der Waals surface area (Å²) in [6.45, 7) is 5.26. The van der Waals surface area contributed by atoms with E-state index in [1.807, 2.05) is 12.1 Å². The molecule has 0 N–H and O–H groups in total. The van der Waals surface area contributed by atoms with E-state index in [0.717, 1.165) is 40.4 Å². The Morgan fingerprint density at radius 1 is 0.639 bits per heavy atom. The second-order valence-corrected chi connectivity index (χ2v) is 9.21. The van der Waals surface area contributed by atoms with Gasteiger partial charge in [0.05, 0.1) is 18.5 Å². The van der Waals surface area contributed by atoms with Crippen LogP contribution in [0.1, 0.15) is 12.5 Å². The van der Waals surface area contributed by atoms with E-state index in [9.17, 15) is 0 Å². The highest BCUT2D eigenvalue weighted by atomic mass is 16.5. The lowest BCUT2D eigenvalue weighted by Gasteiger charge is -2.11. The number of pyridine rings is 1. The first kappa shape index (κ1) is 22.1. The Hall–Kier alpha value is -4.37. The molecule has 0 atom stereocenters. The molecule has 0 spiro atoms. The monoisotopic (exact) mass is 468 g/mol. The van der Waals surface area contributed by atoms with E-state index in [1.54, 1.807) is 7.11 Å². The lowest BCUT2D eigenvalue weighted by molar-refractivity contribution is 0.415. The van der Waals surface area contributed by atoms with Crippen LogP contribution in [0.3, 0.4) is 0 Å². The molecule has 2 heterocycles. The van der Waals surface area contributed by atoms with Gasteiger partial charge in [-0.2, -0.15) is 0 Å². The first-order chi connectivity index (χ1) is 17.6. The summed E-state index contributed by atoms with van der Waals surface area (Å²) in [4.78, 5) is 5.07. The van der Waals surface area contributed by atoms with Gasteiger partial charge in [-0.1, -0.05) is 54.1 Å². The Morgan fingerprint density at radius 2 is 1.25 bits per heavy atom. The maximum absolute atomic E-state index is 5.37. The van der Waals surface area contributed by atoms with E-state index in [2.05, 4.69) is 109 Å². The second kappa shape index (κ2) is 9.01. The molecule has 0 saturated carbocycles. The number of para-hydroxylation sites is 1. The third-order valence-corrected chi connectivity index (χ3v) is 6.98. The van der Waals surface area contributed by atoms with Gasteiger partial charge in [0.25, 0.3) is 0 Å². The summed E-state index contributed by atoms with van der Waals surface area (Å²) in [6.07, 6.45) is 0. The Balaban J connectivity index is 1.56. The van der Waals surface area contributed by atoms with E-state index < -0.39 is 0 Å². The molecule has 0 amide bonds. The fourth-order valence-electron chi connectivity index (χ4n) is 5.05. The van der Waals surface area contributed by atoms with Crippen LogP contribution >= 0.6 is 0 Å². The average Bonchev–Trinajstić information content (AvgIpc) is 3.26. The molecule has 0 radical (unpaired) electrons. The summed E-state index contributed by atoms with van der Waals surface area (Å²) in [5.74, 6) is 0.839. The van der Waals surface area contributed by atoms with Gasteiger partial charge in [-0.05, 0) is 79.6 Å². The fraction of sp³-hybridized carbons (Fsp3) is 0.121. The van der Waals surface area contributed by atoms with Crippen LogP contribution in [0.25, 0.3) is 55.4 Å². The summed E-state index contributed by atoms with van der Waals surface area (Å²) in [5.41, 5.74) is 10.2. The highest BCUT2D eigenvalue weighted by Gasteiger charge is 2.13. The summed E-state index contributed by atoms with van der Waals surface area (Å²) < 4.78 is 7.76. The number of aryl methyl sites for hydroxylation is 2.